The van der Waals surface area contributed by atoms with Crippen molar-refractivity contribution in [1.29, 1.82) is 0 Å². The number of hydrogen-bond donors (Lipinski definition) is 2. The summed E-state index contributed by atoms with van der Waals surface area (Å²) in [5.41, 5.74) is 0.168. The Balaban J connectivity index is 1.83. The predicted octanol–water partition coefficient (Wildman–Crippen LogP) is 1.83. The van der Waals surface area contributed by atoms with Crippen LogP contribution in [0.25, 0.3) is 0 Å². The van der Waals surface area contributed by atoms with E-state index in [1.165, 1.54) is 6.07 Å². The summed E-state index contributed by atoms with van der Waals surface area (Å²) >= 11 is 0. The van der Waals surface area contributed by atoms with Crippen LogP contribution in [-0.2, 0) is 9.59 Å². The summed E-state index contributed by atoms with van der Waals surface area (Å²) in [6.07, 6.45) is 3.01. The summed E-state index contributed by atoms with van der Waals surface area (Å²) in [5, 5.41) is 5.07. The van der Waals surface area contributed by atoms with Gasteiger partial charge < -0.3 is 5.32 Å². The number of unbranched alkanes of at least 4 members (excludes halogenated alkanes) is 2. The zero-order chi connectivity index (χ0) is 18.8. The minimum atomic E-state index is -1.05. The van der Waals surface area contributed by atoms with E-state index in [9.17, 15) is 23.6 Å². The lowest BCUT2D eigenvalue weighted by atomic mass is 10.0. The number of nitrogens with one attached hydrogen (secondary N) is 2. The highest BCUT2D eigenvalue weighted by Gasteiger charge is 2.45. The highest BCUT2D eigenvalue weighted by atomic mass is 19.1. The van der Waals surface area contributed by atoms with Crippen LogP contribution in [0.3, 0.4) is 0 Å². The molecule has 26 heavy (non-hydrogen) atoms. The van der Waals surface area contributed by atoms with Crippen LogP contribution in [0.4, 0.5) is 10.1 Å². The molecule has 2 N–H and O–H groups in total. The number of carbonyl (C=O) groups is 4. The normalized spacial score (nSPS) is 19.6. The van der Waals surface area contributed by atoms with Gasteiger partial charge in [0.2, 0.25) is 11.8 Å². The van der Waals surface area contributed by atoms with Crippen molar-refractivity contribution in [3.63, 3.8) is 0 Å². The van der Waals surface area contributed by atoms with Gasteiger partial charge in [0.25, 0.3) is 11.8 Å². The molecule has 8 heteroatoms. The monoisotopic (exact) mass is 361 g/mol. The molecule has 0 radical (unpaired) electrons. The van der Waals surface area contributed by atoms with Crippen molar-refractivity contribution >= 4 is 29.3 Å². The number of rotatable bonds is 6. The third-order valence-corrected chi connectivity index (χ3v) is 4.62. The summed E-state index contributed by atoms with van der Waals surface area (Å²) in [6, 6.07) is 1.30. The first-order valence-corrected chi connectivity index (χ1v) is 8.73. The van der Waals surface area contributed by atoms with Crippen molar-refractivity contribution in [2.24, 2.45) is 0 Å². The predicted molar refractivity (Wildman–Crippen MR) is 91.1 cm³/mol. The molecule has 1 aromatic rings. The Morgan fingerprint density at radius 3 is 2.50 bits per heavy atom. The molecule has 0 saturated carbocycles. The van der Waals surface area contributed by atoms with E-state index in [2.05, 4.69) is 17.6 Å². The number of nitrogens with zero attached hydrogens (tertiary/aromatic N) is 1. The second kappa shape index (κ2) is 7.23. The fourth-order valence-corrected chi connectivity index (χ4v) is 3.22. The summed E-state index contributed by atoms with van der Waals surface area (Å²) in [5.74, 6) is -3.10. The van der Waals surface area contributed by atoms with Crippen molar-refractivity contribution in [2.45, 2.75) is 45.1 Å². The lowest BCUT2D eigenvalue weighted by Gasteiger charge is -2.27. The van der Waals surface area contributed by atoms with Crippen molar-refractivity contribution in [3.05, 3.63) is 29.1 Å². The Hall–Kier alpha value is -2.77. The van der Waals surface area contributed by atoms with Gasteiger partial charge in [-0.3, -0.25) is 29.4 Å². The summed E-state index contributed by atoms with van der Waals surface area (Å²) in [4.78, 5) is 49.3. The molecule has 2 heterocycles. The summed E-state index contributed by atoms with van der Waals surface area (Å²) < 4.78 is 14.3. The minimum Gasteiger partial charge on any atom is -0.383 e. The number of halogens is 1. The van der Waals surface area contributed by atoms with Crippen LogP contribution in [0, 0.1) is 5.82 Å². The minimum absolute atomic E-state index is 0.0441. The second-order valence-electron chi connectivity index (χ2n) is 6.46. The molecule has 1 fully saturated rings. The smallest absolute Gasteiger partial charge is 0.262 e. The molecule has 0 spiro atoms. The number of amides is 4. The number of anilines is 1. The van der Waals surface area contributed by atoms with Gasteiger partial charge in [0.15, 0.2) is 0 Å². The van der Waals surface area contributed by atoms with Gasteiger partial charge in [-0.1, -0.05) is 19.8 Å². The molecule has 138 valence electrons. The van der Waals surface area contributed by atoms with E-state index in [1.54, 1.807) is 0 Å². The Labute approximate surface area is 149 Å². The molecular weight excluding hydrogens is 341 g/mol. The molecule has 2 aliphatic heterocycles. The van der Waals surface area contributed by atoms with Gasteiger partial charge in [0, 0.05) is 13.0 Å². The van der Waals surface area contributed by atoms with Crippen LogP contribution in [0.5, 0.6) is 0 Å². The van der Waals surface area contributed by atoms with Crippen LogP contribution >= 0.6 is 0 Å². The Bertz CT molecular complexity index is 793. The maximum absolute atomic E-state index is 14.3. The molecule has 0 aliphatic carbocycles. The van der Waals surface area contributed by atoms with Crippen LogP contribution in [0.15, 0.2) is 12.1 Å². The van der Waals surface area contributed by atoms with E-state index in [0.29, 0.717) is 6.54 Å². The fraction of sp³-hybridized carbons (Fsp3) is 0.444. The van der Waals surface area contributed by atoms with Gasteiger partial charge in [-0.25, -0.2) is 4.39 Å². The molecule has 1 atom stereocenters. The average molecular weight is 361 g/mol. The molecule has 2 aliphatic rings. The topological polar surface area (TPSA) is 95.6 Å². The van der Waals surface area contributed by atoms with Crippen LogP contribution in [0.2, 0.25) is 0 Å². The maximum atomic E-state index is 14.3. The first kappa shape index (κ1) is 18.0. The third-order valence-electron chi connectivity index (χ3n) is 4.62. The molecule has 0 aromatic heterocycles. The Kier molecular flexibility index (Phi) is 5.01. The molecule has 7 nitrogen and oxygen atoms in total. The molecule has 1 unspecified atom stereocenters. The van der Waals surface area contributed by atoms with E-state index < -0.39 is 35.5 Å². The van der Waals surface area contributed by atoms with Crippen LogP contribution < -0.4 is 10.6 Å². The first-order valence-electron chi connectivity index (χ1n) is 8.73. The number of carbonyl (C=O) groups excluding carboxylic acids is 4. The average Bonchev–Trinajstić information content (AvgIpc) is 2.83. The highest BCUT2D eigenvalue weighted by Crippen LogP contribution is 2.31. The largest absolute Gasteiger partial charge is 0.383 e. The number of piperidine rings is 1. The van der Waals surface area contributed by atoms with Gasteiger partial charge in [-0.15, -0.1) is 0 Å². The van der Waals surface area contributed by atoms with Gasteiger partial charge >= 0.3 is 0 Å². The Morgan fingerprint density at radius 2 is 1.85 bits per heavy atom. The summed E-state index contributed by atoms with van der Waals surface area (Å²) in [7, 11) is 0. The SMILES string of the molecule is CCCCCNc1cc2c(cc1F)C(=O)N(C1CCC(=O)NC1=O)C2=O. The third kappa shape index (κ3) is 3.18. The molecule has 4 amide bonds. The van der Waals surface area contributed by atoms with E-state index in [4.69, 9.17) is 0 Å². The van der Waals surface area contributed by atoms with E-state index in [0.717, 1.165) is 30.2 Å². The lowest BCUT2D eigenvalue weighted by Crippen LogP contribution is -2.54. The van der Waals surface area contributed by atoms with Crippen LogP contribution in [-0.4, -0.2) is 41.1 Å². The highest BCUT2D eigenvalue weighted by molar-refractivity contribution is 6.23. The molecular formula is C18H20FN3O4. The lowest BCUT2D eigenvalue weighted by molar-refractivity contribution is -0.136. The van der Waals surface area contributed by atoms with Crippen molar-refractivity contribution in [3.8, 4) is 0 Å². The number of imide groups is 2. The quantitative estimate of drug-likeness (QED) is 0.595. The van der Waals surface area contributed by atoms with Gasteiger partial charge in [0.1, 0.15) is 11.9 Å². The van der Waals surface area contributed by atoms with Crippen LogP contribution in [0.1, 0.15) is 59.7 Å². The zero-order valence-corrected chi connectivity index (χ0v) is 14.4. The summed E-state index contributed by atoms with van der Waals surface area (Å²) in [6.45, 7) is 2.62. The number of benzene rings is 1. The van der Waals surface area contributed by atoms with Gasteiger partial charge in [0.05, 0.1) is 16.8 Å². The van der Waals surface area contributed by atoms with Crippen molar-refractivity contribution in [2.75, 3.05) is 11.9 Å². The fourth-order valence-electron chi connectivity index (χ4n) is 3.22. The standard InChI is InChI=1S/C18H20FN3O4/c1-2-3-4-7-20-13-9-11-10(8-12(13)19)17(25)22(18(11)26)14-5-6-15(23)21-16(14)24/h8-9,14,20H,2-7H2,1H3,(H,21,23,24). The van der Waals surface area contributed by atoms with Gasteiger partial charge in [-0.2, -0.15) is 0 Å². The van der Waals surface area contributed by atoms with Gasteiger partial charge in [-0.05, 0) is 25.0 Å². The zero-order valence-electron chi connectivity index (χ0n) is 14.4. The van der Waals surface area contributed by atoms with E-state index >= 15 is 0 Å². The Morgan fingerprint density at radius 1 is 1.15 bits per heavy atom. The van der Waals surface area contributed by atoms with E-state index in [-0.39, 0.29) is 29.7 Å². The molecule has 1 saturated heterocycles. The first-order chi connectivity index (χ1) is 12.4. The molecule has 1 aromatic carbocycles. The molecule has 0 bridgehead atoms. The second-order valence-corrected chi connectivity index (χ2v) is 6.46. The molecule has 3 rings (SSSR count). The van der Waals surface area contributed by atoms with E-state index in [1.807, 2.05) is 0 Å². The number of hydrogen-bond acceptors (Lipinski definition) is 5. The van der Waals surface area contributed by atoms with Crippen molar-refractivity contribution < 1.29 is 23.6 Å². The maximum Gasteiger partial charge on any atom is 0.262 e. The number of fused-ring (bicyclic) bond motifs is 1. The van der Waals surface area contributed by atoms with Crippen molar-refractivity contribution in [1.82, 2.24) is 10.2 Å².